The molecule has 0 fully saturated rings. The van der Waals surface area contributed by atoms with E-state index in [1.54, 1.807) is 63.5 Å². The molecule has 0 aliphatic rings. The molecule has 0 bridgehead atoms. The lowest BCUT2D eigenvalue weighted by atomic mass is 10.1. The van der Waals surface area contributed by atoms with Gasteiger partial charge < -0.3 is 20.7 Å². The summed E-state index contributed by atoms with van der Waals surface area (Å²) in [5.74, 6) is 0.379. The van der Waals surface area contributed by atoms with Crippen molar-refractivity contribution in [3.63, 3.8) is 0 Å². The first kappa shape index (κ1) is 17.3. The Labute approximate surface area is 141 Å². The zero-order valence-electron chi connectivity index (χ0n) is 13.9. The fraction of sp³-hybridized carbons (Fsp3) is 0.222. The Bertz CT molecular complexity index is 714. The van der Waals surface area contributed by atoms with Gasteiger partial charge in [0.15, 0.2) is 0 Å². The topological polar surface area (TPSA) is 79.5 Å². The number of ether oxygens (including phenoxy) is 1. The predicted molar refractivity (Wildman–Crippen MR) is 94.5 cm³/mol. The van der Waals surface area contributed by atoms with E-state index >= 15 is 0 Å². The van der Waals surface area contributed by atoms with E-state index in [1.807, 2.05) is 6.07 Å². The molecule has 2 amide bonds. The van der Waals surface area contributed by atoms with E-state index in [0.29, 0.717) is 16.9 Å². The minimum atomic E-state index is -0.466. The van der Waals surface area contributed by atoms with Gasteiger partial charge in [-0.2, -0.15) is 0 Å². The highest BCUT2D eigenvalue weighted by atomic mass is 16.5. The molecule has 2 rings (SSSR count). The van der Waals surface area contributed by atoms with Crippen LogP contribution in [0.15, 0.2) is 48.5 Å². The predicted octanol–water partition coefficient (Wildman–Crippen LogP) is 2.49. The summed E-state index contributed by atoms with van der Waals surface area (Å²) in [4.78, 5) is 23.9. The summed E-state index contributed by atoms with van der Waals surface area (Å²) >= 11 is 0. The Morgan fingerprint density at radius 1 is 1.04 bits per heavy atom. The van der Waals surface area contributed by atoms with Crippen molar-refractivity contribution in [3.8, 4) is 5.75 Å². The summed E-state index contributed by atoms with van der Waals surface area (Å²) in [6.45, 7) is 1.76. The zero-order chi connectivity index (χ0) is 17.5. The van der Waals surface area contributed by atoms with Crippen LogP contribution in [-0.4, -0.2) is 32.0 Å². The van der Waals surface area contributed by atoms with Crippen LogP contribution in [0.5, 0.6) is 5.75 Å². The molecule has 0 aromatic heterocycles. The second kappa shape index (κ2) is 8.01. The van der Waals surface area contributed by atoms with Crippen LogP contribution in [0, 0.1) is 0 Å². The summed E-state index contributed by atoms with van der Waals surface area (Å²) in [6.07, 6.45) is 0. The first-order valence-electron chi connectivity index (χ1n) is 7.57. The number of carbonyl (C=O) groups excluding carboxylic acids is 2. The van der Waals surface area contributed by atoms with E-state index in [9.17, 15) is 9.59 Å². The lowest BCUT2D eigenvalue weighted by Gasteiger charge is -2.16. The standard InChI is InChI=1S/C18H21N3O3/c1-12(17(22)21-14-7-9-16(24-3)10-8-14)20-15-6-4-5-13(11-15)18(23)19-2/h4-12,20H,1-3H3,(H,19,23)(H,21,22). The molecule has 6 heteroatoms. The van der Waals surface area contributed by atoms with Gasteiger partial charge >= 0.3 is 0 Å². The van der Waals surface area contributed by atoms with E-state index in [2.05, 4.69) is 16.0 Å². The SMILES string of the molecule is CNC(=O)c1cccc(NC(C)C(=O)Nc2ccc(OC)cc2)c1. The molecule has 1 atom stereocenters. The van der Waals surface area contributed by atoms with Gasteiger partial charge in [-0.3, -0.25) is 9.59 Å². The monoisotopic (exact) mass is 327 g/mol. The molecule has 2 aromatic carbocycles. The normalized spacial score (nSPS) is 11.3. The summed E-state index contributed by atoms with van der Waals surface area (Å²) in [5.41, 5.74) is 1.92. The highest BCUT2D eigenvalue weighted by molar-refractivity contribution is 5.97. The van der Waals surface area contributed by atoms with Gasteiger partial charge in [0, 0.05) is 24.0 Å². The van der Waals surface area contributed by atoms with Crippen molar-refractivity contribution in [1.29, 1.82) is 0 Å². The van der Waals surface area contributed by atoms with Crippen LogP contribution in [0.1, 0.15) is 17.3 Å². The summed E-state index contributed by atoms with van der Waals surface area (Å²) in [7, 11) is 3.17. The van der Waals surface area contributed by atoms with Gasteiger partial charge in [0.1, 0.15) is 11.8 Å². The first-order chi connectivity index (χ1) is 11.5. The second-order valence-corrected chi connectivity index (χ2v) is 5.24. The Hall–Kier alpha value is -3.02. The fourth-order valence-electron chi connectivity index (χ4n) is 2.13. The molecule has 1 unspecified atom stereocenters. The molecule has 24 heavy (non-hydrogen) atoms. The molecule has 0 spiro atoms. The van der Waals surface area contributed by atoms with E-state index in [0.717, 1.165) is 5.75 Å². The highest BCUT2D eigenvalue weighted by Crippen LogP contribution is 2.16. The molecule has 0 aliphatic heterocycles. The number of hydrogen-bond acceptors (Lipinski definition) is 4. The summed E-state index contributed by atoms with van der Waals surface area (Å²) in [6, 6.07) is 13.6. The van der Waals surface area contributed by atoms with E-state index < -0.39 is 6.04 Å². The molecule has 3 N–H and O–H groups in total. The molecule has 0 saturated carbocycles. The largest absolute Gasteiger partial charge is 0.497 e. The van der Waals surface area contributed by atoms with Crippen LogP contribution in [0.4, 0.5) is 11.4 Å². The summed E-state index contributed by atoms with van der Waals surface area (Å²) < 4.78 is 5.08. The lowest BCUT2D eigenvalue weighted by Crippen LogP contribution is -2.32. The van der Waals surface area contributed by atoms with Gasteiger partial charge in [-0.15, -0.1) is 0 Å². The number of nitrogens with one attached hydrogen (secondary N) is 3. The molecule has 2 aromatic rings. The van der Waals surface area contributed by atoms with Crippen LogP contribution in [0.3, 0.4) is 0 Å². The van der Waals surface area contributed by atoms with Crippen molar-refractivity contribution < 1.29 is 14.3 Å². The van der Waals surface area contributed by atoms with Gasteiger partial charge in [0.2, 0.25) is 5.91 Å². The van der Waals surface area contributed by atoms with Gasteiger partial charge in [-0.05, 0) is 49.4 Å². The first-order valence-corrected chi connectivity index (χ1v) is 7.57. The maximum atomic E-state index is 12.3. The van der Waals surface area contributed by atoms with Gasteiger partial charge in [-0.25, -0.2) is 0 Å². The number of amides is 2. The van der Waals surface area contributed by atoms with E-state index in [4.69, 9.17) is 4.74 Å². The average Bonchev–Trinajstić information content (AvgIpc) is 2.61. The summed E-state index contributed by atoms with van der Waals surface area (Å²) in [5, 5.41) is 8.48. The molecule has 0 heterocycles. The quantitative estimate of drug-likeness (QED) is 0.761. The van der Waals surface area contributed by atoms with E-state index in [1.165, 1.54) is 0 Å². The Balaban J connectivity index is 1.99. The van der Waals surface area contributed by atoms with Crippen molar-refractivity contribution >= 4 is 23.2 Å². The van der Waals surface area contributed by atoms with Crippen LogP contribution in [-0.2, 0) is 4.79 Å². The van der Waals surface area contributed by atoms with Crippen LogP contribution in [0.2, 0.25) is 0 Å². The molecule has 6 nitrogen and oxygen atoms in total. The van der Waals surface area contributed by atoms with E-state index in [-0.39, 0.29) is 11.8 Å². The van der Waals surface area contributed by atoms with Crippen LogP contribution in [0.25, 0.3) is 0 Å². The van der Waals surface area contributed by atoms with Crippen LogP contribution >= 0.6 is 0 Å². The third-order valence-corrected chi connectivity index (χ3v) is 3.49. The molecular weight excluding hydrogens is 306 g/mol. The fourth-order valence-corrected chi connectivity index (χ4v) is 2.13. The number of anilines is 2. The number of rotatable bonds is 6. The average molecular weight is 327 g/mol. The molecular formula is C18H21N3O3. The van der Waals surface area contributed by atoms with Gasteiger partial charge in [0.25, 0.3) is 5.91 Å². The third-order valence-electron chi connectivity index (χ3n) is 3.49. The van der Waals surface area contributed by atoms with Crippen molar-refractivity contribution in [2.45, 2.75) is 13.0 Å². The molecule has 0 saturated heterocycles. The Kier molecular flexibility index (Phi) is 5.78. The minimum absolute atomic E-state index is 0.172. The van der Waals surface area contributed by atoms with Gasteiger partial charge in [-0.1, -0.05) is 6.07 Å². The Morgan fingerprint density at radius 3 is 2.38 bits per heavy atom. The highest BCUT2D eigenvalue weighted by Gasteiger charge is 2.13. The zero-order valence-corrected chi connectivity index (χ0v) is 13.9. The third kappa shape index (κ3) is 4.49. The maximum absolute atomic E-state index is 12.3. The number of carbonyl (C=O) groups is 2. The molecule has 0 aliphatic carbocycles. The number of methoxy groups -OCH3 is 1. The van der Waals surface area contributed by atoms with Crippen molar-refractivity contribution in [2.75, 3.05) is 24.8 Å². The Morgan fingerprint density at radius 2 is 1.75 bits per heavy atom. The minimum Gasteiger partial charge on any atom is -0.497 e. The van der Waals surface area contributed by atoms with Crippen LogP contribution < -0.4 is 20.7 Å². The second-order valence-electron chi connectivity index (χ2n) is 5.24. The maximum Gasteiger partial charge on any atom is 0.251 e. The number of benzene rings is 2. The molecule has 0 radical (unpaired) electrons. The van der Waals surface area contributed by atoms with Crippen molar-refractivity contribution in [1.82, 2.24) is 5.32 Å². The van der Waals surface area contributed by atoms with Crippen molar-refractivity contribution in [3.05, 3.63) is 54.1 Å². The number of hydrogen-bond donors (Lipinski definition) is 3. The van der Waals surface area contributed by atoms with Gasteiger partial charge in [0.05, 0.1) is 7.11 Å². The smallest absolute Gasteiger partial charge is 0.251 e. The molecule has 126 valence electrons. The lowest BCUT2D eigenvalue weighted by molar-refractivity contribution is -0.116. The van der Waals surface area contributed by atoms with Crippen molar-refractivity contribution in [2.24, 2.45) is 0 Å².